The maximum atomic E-state index is 13.0. The van der Waals surface area contributed by atoms with E-state index in [9.17, 15) is 13.2 Å². The lowest BCUT2D eigenvalue weighted by atomic mass is 10.1. The van der Waals surface area contributed by atoms with Crippen LogP contribution < -0.4 is 9.62 Å². The van der Waals surface area contributed by atoms with Gasteiger partial charge in [-0.15, -0.1) is 0 Å². The van der Waals surface area contributed by atoms with Gasteiger partial charge in [0.2, 0.25) is 0 Å². The molecular formula is C22H22N2O3S. The number of benzene rings is 3. The van der Waals surface area contributed by atoms with Crippen LogP contribution in [0.2, 0.25) is 0 Å². The zero-order valence-electron chi connectivity index (χ0n) is 16.0. The first-order valence-electron chi connectivity index (χ1n) is 8.81. The number of rotatable bonds is 5. The Labute approximate surface area is 165 Å². The molecule has 3 aromatic rings. The number of sulfonamides is 1. The predicted molar refractivity (Wildman–Crippen MR) is 112 cm³/mol. The number of amides is 1. The molecule has 0 atom stereocenters. The quantitative estimate of drug-likeness (QED) is 0.698. The van der Waals surface area contributed by atoms with Crippen molar-refractivity contribution in [3.05, 3.63) is 89.5 Å². The zero-order chi connectivity index (χ0) is 20.3. The summed E-state index contributed by atoms with van der Waals surface area (Å²) in [5.74, 6) is -0.267. The van der Waals surface area contributed by atoms with E-state index in [2.05, 4.69) is 4.72 Å². The van der Waals surface area contributed by atoms with E-state index < -0.39 is 10.0 Å². The summed E-state index contributed by atoms with van der Waals surface area (Å²) in [6.07, 6.45) is 0. The maximum absolute atomic E-state index is 13.0. The molecule has 0 saturated heterocycles. The van der Waals surface area contributed by atoms with E-state index in [0.29, 0.717) is 16.8 Å². The summed E-state index contributed by atoms with van der Waals surface area (Å²) in [5, 5.41) is 0. The van der Waals surface area contributed by atoms with Gasteiger partial charge in [0.15, 0.2) is 0 Å². The molecule has 0 aliphatic heterocycles. The van der Waals surface area contributed by atoms with E-state index in [1.165, 1.54) is 17.0 Å². The van der Waals surface area contributed by atoms with Gasteiger partial charge in [-0.05, 0) is 61.4 Å². The van der Waals surface area contributed by atoms with Crippen molar-refractivity contribution in [2.45, 2.75) is 18.7 Å². The van der Waals surface area contributed by atoms with Crippen LogP contribution in [0.15, 0.2) is 77.7 Å². The van der Waals surface area contributed by atoms with Crippen molar-refractivity contribution in [1.29, 1.82) is 0 Å². The molecule has 1 amide bonds. The third-order valence-electron chi connectivity index (χ3n) is 4.47. The summed E-state index contributed by atoms with van der Waals surface area (Å²) in [5.41, 5.74) is 3.22. The van der Waals surface area contributed by atoms with Gasteiger partial charge in [0.05, 0.1) is 4.90 Å². The van der Waals surface area contributed by atoms with E-state index >= 15 is 0 Å². The number of hydrogen-bond acceptors (Lipinski definition) is 3. The van der Waals surface area contributed by atoms with Crippen molar-refractivity contribution in [2.24, 2.45) is 0 Å². The highest BCUT2D eigenvalue weighted by molar-refractivity contribution is 7.92. The topological polar surface area (TPSA) is 66.5 Å². The second-order valence-corrected chi connectivity index (χ2v) is 8.33. The van der Waals surface area contributed by atoms with Gasteiger partial charge < -0.3 is 4.90 Å². The molecule has 0 spiro atoms. The van der Waals surface area contributed by atoms with Gasteiger partial charge in [-0.2, -0.15) is 0 Å². The molecule has 3 aromatic carbocycles. The van der Waals surface area contributed by atoms with Crippen molar-refractivity contribution in [1.82, 2.24) is 0 Å². The summed E-state index contributed by atoms with van der Waals surface area (Å²) in [6, 6.07) is 20.9. The molecule has 6 heteroatoms. The van der Waals surface area contributed by atoms with E-state index in [0.717, 1.165) is 11.3 Å². The Morgan fingerprint density at radius 2 is 1.61 bits per heavy atom. The molecule has 0 radical (unpaired) electrons. The minimum Gasteiger partial charge on any atom is -0.311 e. The highest BCUT2D eigenvalue weighted by Gasteiger charge is 2.21. The number of nitrogens with zero attached hydrogens (tertiary/aromatic N) is 1. The average Bonchev–Trinajstić information content (AvgIpc) is 2.67. The van der Waals surface area contributed by atoms with Crippen molar-refractivity contribution in [2.75, 3.05) is 16.7 Å². The first-order valence-corrected chi connectivity index (χ1v) is 10.3. The molecule has 0 unspecified atom stereocenters. The third-order valence-corrected chi connectivity index (χ3v) is 5.85. The SMILES string of the molecule is Cc1cccc(NS(=O)(=O)c2ccc(C)c(C(=O)N(C)c3ccccc3)c2)c1. The van der Waals surface area contributed by atoms with Crippen LogP contribution in [0.1, 0.15) is 21.5 Å². The van der Waals surface area contributed by atoms with Gasteiger partial charge in [0.1, 0.15) is 0 Å². The maximum Gasteiger partial charge on any atom is 0.261 e. The van der Waals surface area contributed by atoms with E-state index in [1.54, 1.807) is 38.2 Å². The first-order chi connectivity index (χ1) is 13.3. The van der Waals surface area contributed by atoms with Gasteiger partial charge >= 0.3 is 0 Å². The van der Waals surface area contributed by atoms with Gasteiger partial charge in [0, 0.05) is 24.0 Å². The van der Waals surface area contributed by atoms with Crippen LogP contribution in [0, 0.1) is 13.8 Å². The van der Waals surface area contributed by atoms with Crippen molar-refractivity contribution < 1.29 is 13.2 Å². The fourth-order valence-corrected chi connectivity index (χ4v) is 3.95. The average molecular weight is 394 g/mol. The van der Waals surface area contributed by atoms with E-state index in [1.807, 2.05) is 43.3 Å². The number of nitrogens with one attached hydrogen (secondary N) is 1. The lowest BCUT2D eigenvalue weighted by Crippen LogP contribution is -2.27. The van der Waals surface area contributed by atoms with Crippen LogP contribution in [-0.4, -0.2) is 21.4 Å². The van der Waals surface area contributed by atoms with Crippen LogP contribution >= 0.6 is 0 Å². The number of carbonyl (C=O) groups excluding carboxylic acids is 1. The molecule has 0 aliphatic rings. The van der Waals surface area contributed by atoms with E-state index in [-0.39, 0.29) is 10.8 Å². The molecule has 3 rings (SSSR count). The minimum absolute atomic E-state index is 0.0458. The minimum atomic E-state index is -3.81. The summed E-state index contributed by atoms with van der Waals surface area (Å²) in [6.45, 7) is 3.68. The van der Waals surface area contributed by atoms with Gasteiger partial charge in [0.25, 0.3) is 15.9 Å². The van der Waals surface area contributed by atoms with Crippen LogP contribution in [0.4, 0.5) is 11.4 Å². The highest BCUT2D eigenvalue weighted by atomic mass is 32.2. The first kappa shape index (κ1) is 19.6. The molecule has 0 saturated carbocycles. The molecular weight excluding hydrogens is 372 g/mol. The number of hydrogen-bond donors (Lipinski definition) is 1. The predicted octanol–water partition coefficient (Wildman–Crippen LogP) is 4.38. The molecule has 28 heavy (non-hydrogen) atoms. The fourth-order valence-electron chi connectivity index (χ4n) is 2.87. The summed E-state index contributed by atoms with van der Waals surface area (Å²) >= 11 is 0. The van der Waals surface area contributed by atoms with Crippen molar-refractivity contribution in [3.8, 4) is 0 Å². The Morgan fingerprint density at radius 1 is 0.893 bits per heavy atom. The number of para-hydroxylation sites is 1. The molecule has 0 heterocycles. The van der Waals surface area contributed by atoms with E-state index in [4.69, 9.17) is 0 Å². The number of aryl methyl sites for hydroxylation is 2. The second kappa shape index (κ2) is 7.86. The van der Waals surface area contributed by atoms with Crippen LogP contribution in [0.5, 0.6) is 0 Å². The van der Waals surface area contributed by atoms with Crippen LogP contribution in [0.3, 0.4) is 0 Å². The molecule has 144 valence electrons. The van der Waals surface area contributed by atoms with Gasteiger partial charge in [-0.25, -0.2) is 8.42 Å². The smallest absolute Gasteiger partial charge is 0.261 e. The Bertz CT molecular complexity index is 1110. The lowest BCUT2D eigenvalue weighted by Gasteiger charge is -2.19. The summed E-state index contributed by atoms with van der Waals surface area (Å²) in [4.78, 5) is 14.5. The second-order valence-electron chi connectivity index (χ2n) is 6.65. The summed E-state index contributed by atoms with van der Waals surface area (Å²) in [7, 11) is -2.14. The molecule has 5 nitrogen and oxygen atoms in total. The Hall–Kier alpha value is -3.12. The third kappa shape index (κ3) is 4.23. The lowest BCUT2D eigenvalue weighted by molar-refractivity contribution is 0.0992. The Morgan fingerprint density at radius 3 is 2.29 bits per heavy atom. The molecule has 0 bridgehead atoms. The normalized spacial score (nSPS) is 11.1. The molecule has 0 aliphatic carbocycles. The molecule has 0 fully saturated rings. The Balaban J connectivity index is 1.93. The number of carbonyl (C=O) groups is 1. The zero-order valence-corrected chi connectivity index (χ0v) is 16.8. The van der Waals surface area contributed by atoms with Gasteiger partial charge in [-0.3, -0.25) is 9.52 Å². The largest absolute Gasteiger partial charge is 0.311 e. The standard InChI is InChI=1S/C22H22N2O3S/c1-16-8-7-9-18(14-16)23-28(26,27)20-13-12-17(2)21(15-20)22(25)24(3)19-10-5-4-6-11-19/h4-15,23H,1-3H3. The summed E-state index contributed by atoms with van der Waals surface area (Å²) < 4.78 is 28.2. The monoisotopic (exact) mass is 394 g/mol. The van der Waals surface area contributed by atoms with Gasteiger partial charge in [-0.1, -0.05) is 36.4 Å². The Kier molecular flexibility index (Phi) is 5.51. The fraction of sp³-hybridized carbons (Fsp3) is 0.136. The highest BCUT2D eigenvalue weighted by Crippen LogP contribution is 2.22. The van der Waals surface area contributed by atoms with Crippen LogP contribution in [0.25, 0.3) is 0 Å². The van der Waals surface area contributed by atoms with Crippen molar-refractivity contribution in [3.63, 3.8) is 0 Å². The molecule has 0 aromatic heterocycles. The molecule has 1 N–H and O–H groups in total. The van der Waals surface area contributed by atoms with Crippen molar-refractivity contribution >= 4 is 27.3 Å². The van der Waals surface area contributed by atoms with Crippen LogP contribution in [-0.2, 0) is 10.0 Å². The number of anilines is 2.